The molecule has 0 unspecified atom stereocenters. The number of carbonyl (C=O) groups is 1. The number of rotatable bonds is 4. The molecule has 0 aromatic carbocycles. The predicted octanol–water partition coefficient (Wildman–Crippen LogP) is 0.937. The highest BCUT2D eigenvalue weighted by atomic mass is 16.2. The van der Waals surface area contributed by atoms with Gasteiger partial charge in [-0.1, -0.05) is 19.9 Å². The molecule has 0 aliphatic heterocycles. The molecule has 0 aliphatic rings. The van der Waals surface area contributed by atoms with Crippen molar-refractivity contribution >= 4 is 11.9 Å². The van der Waals surface area contributed by atoms with E-state index in [-0.39, 0.29) is 17.2 Å². The standard InChI is InChI=1S/C13H15N5O2/c1-3-8-9(4-2)17-18-13(15-8)16-12(20)10-6-5-7-11(19)14-10/h5-7H,3-4H2,1-2H3,(H,14,19)(H,15,16,18,20). The highest BCUT2D eigenvalue weighted by Crippen LogP contribution is 2.07. The van der Waals surface area contributed by atoms with Crippen molar-refractivity contribution in [2.45, 2.75) is 26.7 Å². The van der Waals surface area contributed by atoms with E-state index in [1.54, 1.807) is 0 Å². The molecule has 2 aromatic rings. The smallest absolute Gasteiger partial charge is 0.274 e. The van der Waals surface area contributed by atoms with E-state index in [0.29, 0.717) is 6.42 Å². The van der Waals surface area contributed by atoms with Crippen LogP contribution in [0.3, 0.4) is 0 Å². The molecular weight excluding hydrogens is 258 g/mol. The molecule has 2 aromatic heterocycles. The van der Waals surface area contributed by atoms with Crippen molar-refractivity contribution < 1.29 is 4.79 Å². The summed E-state index contributed by atoms with van der Waals surface area (Å²) >= 11 is 0. The number of anilines is 1. The van der Waals surface area contributed by atoms with E-state index in [1.807, 2.05) is 13.8 Å². The van der Waals surface area contributed by atoms with E-state index in [4.69, 9.17) is 0 Å². The number of nitrogens with one attached hydrogen (secondary N) is 2. The average Bonchev–Trinajstić information content (AvgIpc) is 2.47. The third-order valence-corrected chi connectivity index (χ3v) is 2.75. The second-order valence-corrected chi connectivity index (χ2v) is 4.12. The van der Waals surface area contributed by atoms with E-state index in [0.717, 1.165) is 17.8 Å². The highest BCUT2D eigenvalue weighted by Gasteiger charge is 2.11. The largest absolute Gasteiger partial charge is 0.318 e. The fourth-order valence-corrected chi connectivity index (χ4v) is 1.74. The maximum Gasteiger partial charge on any atom is 0.274 e. The Bertz CT molecular complexity index is 680. The van der Waals surface area contributed by atoms with Crippen LogP contribution in [0.2, 0.25) is 0 Å². The molecular formula is C13H15N5O2. The lowest BCUT2D eigenvalue weighted by molar-refractivity contribution is 0.102. The second kappa shape index (κ2) is 6.05. The number of H-pyrrole nitrogens is 1. The molecule has 0 fully saturated rings. The first kappa shape index (κ1) is 13.9. The number of aromatic nitrogens is 4. The van der Waals surface area contributed by atoms with Gasteiger partial charge in [0.1, 0.15) is 5.69 Å². The number of aromatic amines is 1. The third kappa shape index (κ3) is 3.05. The van der Waals surface area contributed by atoms with Gasteiger partial charge < -0.3 is 4.98 Å². The molecule has 2 heterocycles. The zero-order chi connectivity index (χ0) is 14.5. The lowest BCUT2D eigenvalue weighted by atomic mass is 10.2. The Morgan fingerprint density at radius 3 is 2.60 bits per heavy atom. The number of amides is 1. The van der Waals surface area contributed by atoms with Crippen LogP contribution in [-0.2, 0) is 12.8 Å². The van der Waals surface area contributed by atoms with E-state index in [9.17, 15) is 9.59 Å². The Morgan fingerprint density at radius 1 is 1.20 bits per heavy atom. The predicted molar refractivity (Wildman–Crippen MR) is 73.6 cm³/mol. The van der Waals surface area contributed by atoms with Crippen molar-refractivity contribution in [1.82, 2.24) is 20.2 Å². The number of carbonyl (C=O) groups excluding carboxylic acids is 1. The molecule has 1 amide bonds. The number of nitrogens with zero attached hydrogens (tertiary/aromatic N) is 3. The average molecular weight is 273 g/mol. The van der Waals surface area contributed by atoms with Crippen molar-refractivity contribution in [2.75, 3.05) is 5.32 Å². The molecule has 2 N–H and O–H groups in total. The summed E-state index contributed by atoms with van der Waals surface area (Å²) in [6.45, 7) is 3.93. The minimum atomic E-state index is -0.476. The van der Waals surface area contributed by atoms with Crippen molar-refractivity contribution in [1.29, 1.82) is 0 Å². The van der Waals surface area contributed by atoms with Crippen LogP contribution >= 0.6 is 0 Å². The molecule has 2 rings (SSSR count). The van der Waals surface area contributed by atoms with Gasteiger partial charge >= 0.3 is 0 Å². The Kier molecular flexibility index (Phi) is 4.19. The number of aryl methyl sites for hydroxylation is 2. The van der Waals surface area contributed by atoms with Gasteiger partial charge in [-0.05, 0) is 18.9 Å². The molecule has 0 atom stereocenters. The van der Waals surface area contributed by atoms with E-state index >= 15 is 0 Å². The van der Waals surface area contributed by atoms with E-state index < -0.39 is 5.91 Å². The lowest BCUT2D eigenvalue weighted by Gasteiger charge is -2.06. The third-order valence-electron chi connectivity index (χ3n) is 2.75. The first-order chi connectivity index (χ1) is 9.63. The van der Waals surface area contributed by atoms with Crippen molar-refractivity contribution in [2.24, 2.45) is 0 Å². The molecule has 0 saturated heterocycles. The Hall–Kier alpha value is -2.57. The maximum absolute atomic E-state index is 11.9. The van der Waals surface area contributed by atoms with Gasteiger partial charge in [0.2, 0.25) is 11.5 Å². The van der Waals surface area contributed by atoms with Crippen LogP contribution in [0.25, 0.3) is 0 Å². The van der Waals surface area contributed by atoms with Gasteiger partial charge in [0, 0.05) is 6.07 Å². The molecule has 0 saturated carbocycles. The van der Waals surface area contributed by atoms with Crippen LogP contribution < -0.4 is 10.9 Å². The van der Waals surface area contributed by atoms with Gasteiger partial charge in [-0.3, -0.25) is 14.9 Å². The number of pyridine rings is 1. The summed E-state index contributed by atoms with van der Waals surface area (Å²) < 4.78 is 0. The van der Waals surface area contributed by atoms with Crippen LogP contribution in [0.1, 0.15) is 35.7 Å². The van der Waals surface area contributed by atoms with Crippen molar-refractivity contribution in [3.05, 3.63) is 45.6 Å². The topological polar surface area (TPSA) is 101 Å². The van der Waals surface area contributed by atoms with Crippen LogP contribution in [-0.4, -0.2) is 26.1 Å². The van der Waals surface area contributed by atoms with Gasteiger partial charge in [-0.2, -0.15) is 0 Å². The Labute approximate surface area is 115 Å². The van der Waals surface area contributed by atoms with E-state index in [2.05, 4.69) is 25.5 Å². The SMILES string of the molecule is CCc1nnc(NC(=O)c2cccc(=O)[nH]2)nc1CC. The van der Waals surface area contributed by atoms with Gasteiger partial charge in [0.05, 0.1) is 11.4 Å². The summed E-state index contributed by atoms with van der Waals surface area (Å²) in [6.07, 6.45) is 1.45. The second-order valence-electron chi connectivity index (χ2n) is 4.12. The van der Waals surface area contributed by atoms with Crippen LogP contribution in [0.5, 0.6) is 0 Å². The molecule has 20 heavy (non-hydrogen) atoms. The van der Waals surface area contributed by atoms with Gasteiger partial charge in [0.25, 0.3) is 5.91 Å². The van der Waals surface area contributed by atoms with Gasteiger partial charge in [0.15, 0.2) is 0 Å². The van der Waals surface area contributed by atoms with Gasteiger partial charge in [-0.15, -0.1) is 10.2 Å². The van der Waals surface area contributed by atoms with Crippen LogP contribution in [0.15, 0.2) is 23.0 Å². The highest BCUT2D eigenvalue weighted by molar-refractivity contribution is 6.01. The first-order valence-corrected chi connectivity index (χ1v) is 6.37. The summed E-state index contributed by atoms with van der Waals surface area (Å²) in [5, 5.41) is 10.4. The molecule has 0 radical (unpaired) electrons. The fraction of sp³-hybridized carbons (Fsp3) is 0.308. The minimum Gasteiger partial charge on any atom is -0.318 e. The zero-order valence-electron chi connectivity index (χ0n) is 11.3. The number of hydrogen-bond donors (Lipinski definition) is 2. The van der Waals surface area contributed by atoms with E-state index in [1.165, 1.54) is 18.2 Å². The van der Waals surface area contributed by atoms with Crippen LogP contribution in [0.4, 0.5) is 5.95 Å². The summed E-state index contributed by atoms with van der Waals surface area (Å²) in [5.74, 6) is -0.343. The van der Waals surface area contributed by atoms with Crippen molar-refractivity contribution in [3.8, 4) is 0 Å². The number of hydrogen-bond acceptors (Lipinski definition) is 5. The molecule has 0 aliphatic carbocycles. The maximum atomic E-state index is 11.9. The summed E-state index contributed by atoms with van der Waals surface area (Å²) in [6, 6.07) is 4.34. The summed E-state index contributed by atoms with van der Waals surface area (Å²) in [4.78, 5) is 29.8. The first-order valence-electron chi connectivity index (χ1n) is 6.37. The molecule has 7 heteroatoms. The zero-order valence-corrected chi connectivity index (χ0v) is 11.3. The molecule has 7 nitrogen and oxygen atoms in total. The van der Waals surface area contributed by atoms with Crippen LogP contribution in [0, 0.1) is 0 Å². The monoisotopic (exact) mass is 273 g/mol. The fourth-order valence-electron chi connectivity index (χ4n) is 1.74. The molecule has 0 bridgehead atoms. The molecule has 0 spiro atoms. The molecule has 104 valence electrons. The summed E-state index contributed by atoms with van der Waals surface area (Å²) in [5.41, 5.74) is 1.43. The lowest BCUT2D eigenvalue weighted by Crippen LogP contribution is -2.20. The van der Waals surface area contributed by atoms with Gasteiger partial charge in [-0.25, -0.2) is 4.98 Å². The normalized spacial score (nSPS) is 10.3. The summed E-state index contributed by atoms with van der Waals surface area (Å²) in [7, 11) is 0. The quantitative estimate of drug-likeness (QED) is 0.863. The minimum absolute atomic E-state index is 0.133. The Balaban J connectivity index is 2.22. The Morgan fingerprint density at radius 2 is 1.95 bits per heavy atom. The van der Waals surface area contributed by atoms with Crippen molar-refractivity contribution in [3.63, 3.8) is 0 Å².